The molecule has 11 heavy (non-hydrogen) atoms. The Kier molecular flexibility index (Phi) is 1.71. The highest BCUT2D eigenvalue weighted by atomic mass is 16.5. The second-order valence-electron chi connectivity index (χ2n) is 4.41. The molecule has 1 saturated carbocycles. The SMILES string of the molecule is CC(C)C1CCCOC12CC2. The van der Waals surface area contributed by atoms with Gasteiger partial charge in [0.15, 0.2) is 0 Å². The molecule has 2 rings (SSSR count). The summed E-state index contributed by atoms with van der Waals surface area (Å²) in [7, 11) is 0. The van der Waals surface area contributed by atoms with Crippen LogP contribution in [-0.4, -0.2) is 12.2 Å². The maximum Gasteiger partial charge on any atom is 0.0715 e. The Morgan fingerprint density at radius 1 is 1.36 bits per heavy atom. The van der Waals surface area contributed by atoms with Crippen LogP contribution in [0.25, 0.3) is 0 Å². The monoisotopic (exact) mass is 154 g/mol. The van der Waals surface area contributed by atoms with Crippen LogP contribution in [0, 0.1) is 11.8 Å². The van der Waals surface area contributed by atoms with Crippen molar-refractivity contribution in [2.75, 3.05) is 6.61 Å². The minimum atomic E-state index is 0.367. The van der Waals surface area contributed by atoms with Crippen LogP contribution < -0.4 is 0 Å². The molecule has 1 nitrogen and oxygen atoms in total. The number of rotatable bonds is 1. The predicted molar refractivity (Wildman–Crippen MR) is 45.5 cm³/mol. The third kappa shape index (κ3) is 1.20. The highest BCUT2D eigenvalue weighted by molar-refractivity contribution is 5.03. The molecule has 0 N–H and O–H groups in total. The Bertz CT molecular complexity index is 147. The van der Waals surface area contributed by atoms with E-state index in [1.807, 2.05) is 0 Å². The summed E-state index contributed by atoms with van der Waals surface area (Å²) >= 11 is 0. The standard InChI is InChI=1S/C10H18O/c1-8(2)9-4-3-7-11-10(9)5-6-10/h8-9H,3-7H2,1-2H3. The van der Waals surface area contributed by atoms with Crippen molar-refractivity contribution >= 4 is 0 Å². The van der Waals surface area contributed by atoms with Crippen molar-refractivity contribution in [3.8, 4) is 0 Å². The van der Waals surface area contributed by atoms with Crippen molar-refractivity contribution in [1.29, 1.82) is 0 Å². The summed E-state index contributed by atoms with van der Waals surface area (Å²) in [5, 5.41) is 0. The van der Waals surface area contributed by atoms with Gasteiger partial charge in [-0.3, -0.25) is 0 Å². The molecule has 1 heteroatoms. The lowest BCUT2D eigenvalue weighted by atomic mass is 9.83. The molecule has 1 aliphatic carbocycles. The zero-order valence-corrected chi connectivity index (χ0v) is 7.60. The molecule has 2 aliphatic rings. The first-order chi connectivity index (χ1) is 5.25. The van der Waals surface area contributed by atoms with Gasteiger partial charge in [-0.05, 0) is 37.5 Å². The van der Waals surface area contributed by atoms with Gasteiger partial charge in [-0.1, -0.05) is 13.8 Å². The minimum absolute atomic E-state index is 0.367. The van der Waals surface area contributed by atoms with Crippen LogP contribution in [0.3, 0.4) is 0 Å². The Morgan fingerprint density at radius 3 is 2.55 bits per heavy atom. The van der Waals surface area contributed by atoms with Crippen molar-refractivity contribution in [2.45, 2.75) is 45.1 Å². The van der Waals surface area contributed by atoms with Gasteiger partial charge in [0.2, 0.25) is 0 Å². The first kappa shape index (κ1) is 7.60. The van der Waals surface area contributed by atoms with Gasteiger partial charge >= 0.3 is 0 Å². The Labute approximate surface area is 69.1 Å². The summed E-state index contributed by atoms with van der Waals surface area (Å²) in [6.07, 6.45) is 5.34. The average Bonchev–Trinajstić information content (AvgIpc) is 2.70. The lowest BCUT2D eigenvalue weighted by molar-refractivity contribution is -0.0620. The van der Waals surface area contributed by atoms with Crippen LogP contribution in [-0.2, 0) is 4.74 Å². The van der Waals surface area contributed by atoms with E-state index in [0.29, 0.717) is 5.60 Å². The zero-order valence-electron chi connectivity index (χ0n) is 7.60. The summed E-state index contributed by atoms with van der Waals surface area (Å²) in [4.78, 5) is 0. The third-order valence-corrected chi connectivity index (χ3v) is 3.27. The largest absolute Gasteiger partial charge is 0.375 e. The molecule has 1 aliphatic heterocycles. The number of hydrogen-bond donors (Lipinski definition) is 0. The molecular weight excluding hydrogens is 136 g/mol. The summed E-state index contributed by atoms with van der Waals surface area (Å²) in [5.74, 6) is 1.68. The fraction of sp³-hybridized carbons (Fsp3) is 1.00. The van der Waals surface area contributed by atoms with E-state index >= 15 is 0 Å². The van der Waals surface area contributed by atoms with Crippen LogP contribution in [0.5, 0.6) is 0 Å². The van der Waals surface area contributed by atoms with Gasteiger partial charge in [-0.25, -0.2) is 0 Å². The summed E-state index contributed by atoms with van der Waals surface area (Å²) in [6, 6.07) is 0. The van der Waals surface area contributed by atoms with Crippen molar-refractivity contribution in [3.05, 3.63) is 0 Å². The van der Waals surface area contributed by atoms with Gasteiger partial charge in [-0.15, -0.1) is 0 Å². The molecule has 0 aromatic carbocycles. The van der Waals surface area contributed by atoms with Crippen LogP contribution in [0.2, 0.25) is 0 Å². The van der Waals surface area contributed by atoms with E-state index in [2.05, 4.69) is 13.8 Å². The van der Waals surface area contributed by atoms with Crippen LogP contribution in [0.4, 0.5) is 0 Å². The molecule has 2 fully saturated rings. The second-order valence-corrected chi connectivity index (χ2v) is 4.41. The van der Waals surface area contributed by atoms with Crippen molar-refractivity contribution in [1.82, 2.24) is 0 Å². The molecular formula is C10H18O. The van der Waals surface area contributed by atoms with E-state index in [4.69, 9.17) is 4.74 Å². The molecule has 64 valence electrons. The van der Waals surface area contributed by atoms with Gasteiger partial charge in [0.1, 0.15) is 0 Å². The van der Waals surface area contributed by atoms with Crippen LogP contribution in [0.15, 0.2) is 0 Å². The predicted octanol–water partition coefficient (Wildman–Crippen LogP) is 2.60. The maximum atomic E-state index is 5.85. The highest BCUT2D eigenvalue weighted by Gasteiger charge is 2.52. The fourth-order valence-corrected chi connectivity index (χ4v) is 2.53. The molecule has 0 bridgehead atoms. The van der Waals surface area contributed by atoms with Crippen LogP contribution in [0.1, 0.15) is 39.5 Å². The van der Waals surface area contributed by atoms with E-state index in [9.17, 15) is 0 Å². The van der Waals surface area contributed by atoms with Gasteiger partial charge in [0, 0.05) is 6.61 Å². The van der Waals surface area contributed by atoms with E-state index in [-0.39, 0.29) is 0 Å². The molecule has 0 aromatic heterocycles. The molecule has 1 heterocycles. The van der Waals surface area contributed by atoms with Crippen molar-refractivity contribution in [2.24, 2.45) is 11.8 Å². The smallest absolute Gasteiger partial charge is 0.0715 e. The summed E-state index contributed by atoms with van der Waals surface area (Å²) in [6.45, 7) is 5.68. The van der Waals surface area contributed by atoms with Crippen molar-refractivity contribution < 1.29 is 4.74 Å². The molecule has 0 aromatic rings. The molecule has 0 radical (unpaired) electrons. The Hall–Kier alpha value is -0.0400. The van der Waals surface area contributed by atoms with Gasteiger partial charge < -0.3 is 4.74 Å². The van der Waals surface area contributed by atoms with E-state index in [0.717, 1.165) is 18.4 Å². The highest BCUT2D eigenvalue weighted by Crippen LogP contribution is 2.52. The zero-order chi connectivity index (χ0) is 7.90. The Morgan fingerprint density at radius 2 is 2.09 bits per heavy atom. The van der Waals surface area contributed by atoms with E-state index in [1.54, 1.807) is 0 Å². The van der Waals surface area contributed by atoms with E-state index in [1.165, 1.54) is 25.7 Å². The molecule has 1 saturated heterocycles. The molecule has 0 amide bonds. The second kappa shape index (κ2) is 2.48. The van der Waals surface area contributed by atoms with E-state index < -0.39 is 0 Å². The topological polar surface area (TPSA) is 9.23 Å². The minimum Gasteiger partial charge on any atom is -0.375 e. The van der Waals surface area contributed by atoms with Gasteiger partial charge in [-0.2, -0.15) is 0 Å². The normalized spacial score (nSPS) is 34.6. The van der Waals surface area contributed by atoms with Gasteiger partial charge in [0.05, 0.1) is 5.60 Å². The summed E-state index contributed by atoms with van der Waals surface area (Å²) < 4.78 is 5.85. The molecule has 1 spiro atoms. The third-order valence-electron chi connectivity index (χ3n) is 3.27. The Balaban J connectivity index is 2.04. The number of ether oxygens (including phenoxy) is 1. The first-order valence-corrected chi connectivity index (χ1v) is 4.88. The first-order valence-electron chi connectivity index (χ1n) is 4.88. The quantitative estimate of drug-likeness (QED) is 0.564. The maximum absolute atomic E-state index is 5.85. The van der Waals surface area contributed by atoms with Gasteiger partial charge in [0.25, 0.3) is 0 Å². The van der Waals surface area contributed by atoms with Crippen LogP contribution >= 0.6 is 0 Å². The summed E-state index contributed by atoms with van der Waals surface area (Å²) in [5.41, 5.74) is 0.367. The molecule has 1 atom stereocenters. The average molecular weight is 154 g/mol. The lowest BCUT2D eigenvalue weighted by Crippen LogP contribution is -2.34. The molecule has 1 unspecified atom stereocenters. The van der Waals surface area contributed by atoms with Crippen molar-refractivity contribution in [3.63, 3.8) is 0 Å². The lowest BCUT2D eigenvalue weighted by Gasteiger charge is -2.34. The fourth-order valence-electron chi connectivity index (χ4n) is 2.53. The number of hydrogen-bond acceptors (Lipinski definition) is 1.